The molecule has 1 fully saturated rings. The molecular formula is C21H26N2O3S. The first-order valence-electron chi connectivity index (χ1n) is 9.14. The molecule has 2 aromatic carbocycles. The summed E-state index contributed by atoms with van der Waals surface area (Å²) in [7, 11) is -3.57. The molecule has 1 aliphatic heterocycles. The number of hydrogen-bond acceptors (Lipinski definition) is 3. The van der Waals surface area contributed by atoms with Crippen LogP contribution in [-0.4, -0.2) is 49.7 Å². The SMILES string of the molecule is Cc1cc(C)c(S(=O)(=O)N2CCN(C(=O)c3ccccc3C)CC2)c(C)c1. The first-order valence-corrected chi connectivity index (χ1v) is 10.6. The van der Waals surface area contributed by atoms with Gasteiger partial charge in [-0.1, -0.05) is 35.9 Å². The molecule has 1 saturated heterocycles. The molecule has 5 nitrogen and oxygen atoms in total. The Kier molecular flexibility index (Phi) is 5.40. The number of rotatable bonds is 3. The molecule has 3 rings (SSSR count). The van der Waals surface area contributed by atoms with Crippen molar-refractivity contribution in [1.29, 1.82) is 0 Å². The summed E-state index contributed by atoms with van der Waals surface area (Å²) >= 11 is 0. The zero-order valence-electron chi connectivity index (χ0n) is 16.3. The van der Waals surface area contributed by atoms with Crippen LogP contribution in [0.3, 0.4) is 0 Å². The molecule has 0 aliphatic carbocycles. The predicted octanol–water partition coefficient (Wildman–Crippen LogP) is 3.07. The van der Waals surface area contributed by atoms with Crippen LogP contribution in [0, 0.1) is 27.7 Å². The van der Waals surface area contributed by atoms with Crippen molar-refractivity contribution in [1.82, 2.24) is 9.21 Å². The molecule has 1 aliphatic rings. The third kappa shape index (κ3) is 3.77. The Balaban J connectivity index is 1.78. The van der Waals surface area contributed by atoms with Crippen LogP contribution in [-0.2, 0) is 10.0 Å². The predicted molar refractivity (Wildman–Crippen MR) is 106 cm³/mol. The van der Waals surface area contributed by atoms with Crippen molar-refractivity contribution in [3.63, 3.8) is 0 Å². The minimum Gasteiger partial charge on any atom is -0.336 e. The van der Waals surface area contributed by atoms with E-state index in [1.165, 1.54) is 4.31 Å². The topological polar surface area (TPSA) is 57.7 Å². The van der Waals surface area contributed by atoms with Crippen LogP contribution in [0.4, 0.5) is 0 Å². The fourth-order valence-electron chi connectivity index (χ4n) is 3.82. The van der Waals surface area contributed by atoms with Crippen molar-refractivity contribution in [3.8, 4) is 0 Å². The van der Waals surface area contributed by atoms with E-state index in [1.807, 2.05) is 64.1 Å². The van der Waals surface area contributed by atoms with E-state index in [-0.39, 0.29) is 5.91 Å². The van der Waals surface area contributed by atoms with Crippen LogP contribution in [0.15, 0.2) is 41.3 Å². The maximum Gasteiger partial charge on any atom is 0.254 e. The molecule has 0 N–H and O–H groups in total. The van der Waals surface area contributed by atoms with Crippen molar-refractivity contribution in [3.05, 3.63) is 64.2 Å². The monoisotopic (exact) mass is 386 g/mol. The van der Waals surface area contributed by atoms with Gasteiger partial charge < -0.3 is 4.90 Å². The largest absolute Gasteiger partial charge is 0.336 e. The van der Waals surface area contributed by atoms with Crippen LogP contribution < -0.4 is 0 Å². The van der Waals surface area contributed by atoms with Crippen LogP contribution in [0.2, 0.25) is 0 Å². The van der Waals surface area contributed by atoms with Gasteiger partial charge in [-0.25, -0.2) is 8.42 Å². The Labute approximate surface area is 161 Å². The second kappa shape index (κ2) is 7.44. The molecule has 2 aromatic rings. The van der Waals surface area contributed by atoms with E-state index >= 15 is 0 Å². The fourth-order valence-corrected chi connectivity index (χ4v) is 5.65. The number of amides is 1. The van der Waals surface area contributed by atoms with E-state index in [2.05, 4.69) is 0 Å². The molecule has 0 radical (unpaired) electrons. The standard InChI is InChI=1S/C21H26N2O3S/c1-15-13-17(3)20(18(4)14-15)27(25,26)23-11-9-22(10-12-23)21(24)19-8-6-5-7-16(19)2/h5-8,13-14H,9-12H2,1-4H3. The number of piperazine rings is 1. The number of hydrogen-bond donors (Lipinski definition) is 0. The van der Waals surface area contributed by atoms with Crippen LogP contribution >= 0.6 is 0 Å². The molecule has 6 heteroatoms. The third-order valence-electron chi connectivity index (χ3n) is 5.10. The summed E-state index contributed by atoms with van der Waals surface area (Å²) in [6.07, 6.45) is 0. The Morgan fingerprint density at radius 1 is 0.852 bits per heavy atom. The normalized spacial score (nSPS) is 15.8. The lowest BCUT2D eigenvalue weighted by molar-refractivity contribution is 0.0697. The van der Waals surface area contributed by atoms with E-state index in [9.17, 15) is 13.2 Å². The number of sulfonamides is 1. The van der Waals surface area contributed by atoms with Gasteiger partial charge in [0.25, 0.3) is 5.91 Å². The van der Waals surface area contributed by atoms with E-state index < -0.39 is 10.0 Å². The number of nitrogens with zero attached hydrogens (tertiary/aromatic N) is 2. The van der Waals surface area contributed by atoms with Gasteiger partial charge in [-0.3, -0.25) is 4.79 Å². The second-order valence-corrected chi connectivity index (χ2v) is 9.11. The van der Waals surface area contributed by atoms with Crippen LogP contribution in [0.5, 0.6) is 0 Å². The third-order valence-corrected chi connectivity index (χ3v) is 7.31. The second-order valence-electron chi connectivity index (χ2n) is 7.24. The van der Waals surface area contributed by atoms with Crippen molar-refractivity contribution in [2.75, 3.05) is 26.2 Å². The van der Waals surface area contributed by atoms with Gasteiger partial charge in [-0.05, 0) is 50.5 Å². The summed E-state index contributed by atoms with van der Waals surface area (Å²) in [5.41, 5.74) is 4.21. The summed E-state index contributed by atoms with van der Waals surface area (Å²) < 4.78 is 27.8. The number of benzene rings is 2. The molecule has 0 atom stereocenters. The lowest BCUT2D eigenvalue weighted by atomic mass is 10.1. The highest BCUT2D eigenvalue weighted by molar-refractivity contribution is 7.89. The van der Waals surface area contributed by atoms with Gasteiger partial charge in [0.2, 0.25) is 10.0 Å². The summed E-state index contributed by atoms with van der Waals surface area (Å²) in [6.45, 7) is 8.98. The molecule has 0 unspecified atom stereocenters. The van der Waals surface area contributed by atoms with Crippen molar-refractivity contribution in [2.24, 2.45) is 0 Å². The Morgan fingerprint density at radius 2 is 1.41 bits per heavy atom. The average Bonchev–Trinajstić information content (AvgIpc) is 2.60. The van der Waals surface area contributed by atoms with Gasteiger partial charge in [0.15, 0.2) is 0 Å². The van der Waals surface area contributed by atoms with E-state index in [1.54, 1.807) is 4.90 Å². The number of aryl methyl sites for hydroxylation is 4. The molecule has 1 amide bonds. The van der Waals surface area contributed by atoms with Crippen molar-refractivity contribution >= 4 is 15.9 Å². The van der Waals surface area contributed by atoms with Crippen molar-refractivity contribution < 1.29 is 13.2 Å². The fraction of sp³-hybridized carbons (Fsp3) is 0.381. The Bertz CT molecular complexity index is 952. The van der Waals surface area contributed by atoms with Gasteiger partial charge in [0.1, 0.15) is 0 Å². The lowest BCUT2D eigenvalue weighted by Gasteiger charge is -2.34. The van der Waals surface area contributed by atoms with Gasteiger partial charge in [0, 0.05) is 31.7 Å². The number of carbonyl (C=O) groups excluding carboxylic acids is 1. The molecule has 0 aromatic heterocycles. The molecule has 1 heterocycles. The van der Waals surface area contributed by atoms with Gasteiger partial charge in [-0.2, -0.15) is 4.31 Å². The van der Waals surface area contributed by atoms with Crippen LogP contribution in [0.25, 0.3) is 0 Å². The Morgan fingerprint density at radius 3 is 1.96 bits per heavy atom. The van der Waals surface area contributed by atoms with Crippen LogP contribution in [0.1, 0.15) is 32.6 Å². The highest BCUT2D eigenvalue weighted by Gasteiger charge is 2.32. The zero-order chi connectivity index (χ0) is 19.8. The first kappa shape index (κ1) is 19.6. The van der Waals surface area contributed by atoms with Crippen molar-refractivity contribution in [2.45, 2.75) is 32.6 Å². The number of carbonyl (C=O) groups is 1. The van der Waals surface area contributed by atoms with E-state index in [0.29, 0.717) is 36.6 Å². The first-order chi connectivity index (χ1) is 12.7. The highest BCUT2D eigenvalue weighted by Crippen LogP contribution is 2.26. The summed E-state index contributed by atoms with van der Waals surface area (Å²) in [5, 5.41) is 0. The average molecular weight is 387 g/mol. The zero-order valence-corrected chi connectivity index (χ0v) is 17.1. The summed E-state index contributed by atoms with van der Waals surface area (Å²) in [6, 6.07) is 11.3. The molecule has 0 bridgehead atoms. The van der Waals surface area contributed by atoms with E-state index in [4.69, 9.17) is 0 Å². The molecule has 27 heavy (non-hydrogen) atoms. The summed E-state index contributed by atoms with van der Waals surface area (Å²) in [5.74, 6) is -0.0344. The molecule has 144 valence electrons. The van der Waals surface area contributed by atoms with Gasteiger partial charge in [-0.15, -0.1) is 0 Å². The molecule has 0 spiro atoms. The summed E-state index contributed by atoms with van der Waals surface area (Å²) in [4.78, 5) is 14.9. The minimum absolute atomic E-state index is 0.0344. The van der Waals surface area contributed by atoms with Gasteiger partial charge >= 0.3 is 0 Å². The molecule has 0 saturated carbocycles. The lowest BCUT2D eigenvalue weighted by Crippen LogP contribution is -2.50. The maximum atomic E-state index is 13.2. The Hall–Kier alpha value is -2.18. The maximum absolute atomic E-state index is 13.2. The minimum atomic E-state index is -3.57. The van der Waals surface area contributed by atoms with E-state index in [0.717, 1.165) is 22.3 Å². The smallest absolute Gasteiger partial charge is 0.254 e. The van der Waals surface area contributed by atoms with Gasteiger partial charge in [0.05, 0.1) is 4.90 Å². The quantitative estimate of drug-likeness (QED) is 0.815. The highest BCUT2D eigenvalue weighted by atomic mass is 32.2. The molecular weight excluding hydrogens is 360 g/mol.